The number of rotatable bonds is 2. The molecule has 0 saturated heterocycles. The highest BCUT2D eigenvalue weighted by Crippen LogP contribution is 2.57. The van der Waals surface area contributed by atoms with Crippen molar-refractivity contribution in [2.75, 3.05) is 11.4 Å². The van der Waals surface area contributed by atoms with Gasteiger partial charge in [-0.15, -0.1) is 11.7 Å². The van der Waals surface area contributed by atoms with E-state index in [0.717, 1.165) is 16.8 Å². The van der Waals surface area contributed by atoms with E-state index in [9.17, 15) is 14.4 Å². The molecule has 10 heteroatoms. The van der Waals surface area contributed by atoms with E-state index < -0.39 is 16.7 Å². The lowest BCUT2D eigenvalue weighted by Gasteiger charge is -2.29. The van der Waals surface area contributed by atoms with Crippen molar-refractivity contribution in [1.29, 1.82) is 0 Å². The monoisotopic (exact) mass is 412 g/mol. The minimum atomic E-state index is -1.49. The largest absolute Gasteiger partial charge is 0.304 e. The van der Waals surface area contributed by atoms with E-state index in [4.69, 9.17) is 23.2 Å². The molecule has 1 spiro atoms. The summed E-state index contributed by atoms with van der Waals surface area (Å²) in [6, 6.07) is 3.20. The summed E-state index contributed by atoms with van der Waals surface area (Å²) in [4.78, 5) is 36.9. The third-order valence-corrected chi connectivity index (χ3v) is 5.90. The zero-order valence-electron chi connectivity index (χ0n) is 13.9. The van der Waals surface area contributed by atoms with Crippen molar-refractivity contribution in [1.82, 2.24) is 10.3 Å². The molecule has 0 bridgehead atoms. The van der Waals surface area contributed by atoms with Crippen LogP contribution in [-0.2, 0) is 19.3 Å². The Labute approximate surface area is 164 Å². The van der Waals surface area contributed by atoms with Crippen LogP contribution in [0.5, 0.6) is 0 Å². The molecular formula is C16H14Cl2N4O3S. The first kappa shape index (κ1) is 18.8. The van der Waals surface area contributed by atoms with Crippen molar-refractivity contribution in [3.8, 4) is 0 Å². The summed E-state index contributed by atoms with van der Waals surface area (Å²) in [5.41, 5.74) is 0.880. The second-order valence-electron chi connectivity index (χ2n) is 5.63. The number of nitrogens with one attached hydrogen (secondary N) is 1. The van der Waals surface area contributed by atoms with Gasteiger partial charge in [-0.2, -0.15) is 5.01 Å². The van der Waals surface area contributed by atoms with Crippen molar-refractivity contribution in [2.24, 2.45) is 5.10 Å². The van der Waals surface area contributed by atoms with Crippen LogP contribution in [0.1, 0.15) is 19.4 Å². The van der Waals surface area contributed by atoms with Crippen molar-refractivity contribution in [3.63, 3.8) is 0 Å². The van der Waals surface area contributed by atoms with Gasteiger partial charge in [-0.3, -0.25) is 14.4 Å². The Kier molecular flexibility index (Phi) is 4.76. The fraction of sp³-hybridized carbons (Fsp3) is 0.250. The topological polar surface area (TPSA) is 82.1 Å². The second-order valence-corrected chi connectivity index (χ2v) is 7.59. The fourth-order valence-electron chi connectivity index (χ4n) is 2.94. The molecule has 0 saturated carbocycles. The maximum absolute atomic E-state index is 13.4. The number of nitrogens with zero attached hydrogens (tertiary/aromatic N) is 3. The lowest BCUT2D eigenvalue weighted by molar-refractivity contribution is -0.139. The zero-order valence-corrected chi connectivity index (χ0v) is 16.2. The Morgan fingerprint density at radius 2 is 2.08 bits per heavy atom. The molecule has 0 unspecified atom stereocenters. The number of thioether (sulfide) groups is 1. The van der Waals surface area contributed by atoms with Gasteiger partial charge in [0.25, 0.3) is 5.91 Å². The van der Waals surface area contributed by atoms with Crippen LogP contribution in [0.15, 0.2) is 29.9 Å². The highest BCUT2D eigenvalue weighted by Gasteiger charge is 2.61. The van der Waals surface area contributed by atoms with Crippen LogP contribution in [-0.4, -0.2) is 34.4 Å². The van der Waals surface area contributed by atoms with Gasteiger partial charge in [0.15, 0.2) is 5.17 Å². The standard InChI is InChI=1S/C16H14Cl2N4O3S/c1-4-7-21-13-10(5-6-11(17)12(13)18)16(14(21)25)22(9(3)24)20-15(26-16)19-8(2)23/h4-6H,1,7H2,2-3H3,(H,19,20,23)/t16-/m1/s1. The van der Waals surface area contributed by atoms with E-state index in [-0.39, 0.29) is 27.7 Å². The lowest BCUT2D eigenvalue weighted by Crippen LogP contribution is -2.48. The Hall–Kier alpha value is -2.03. The molecule has 1 atom stereocenters. The minimum Gasteiger partial charge on any atom is -0.304 e. The molecule has 3 rings (SSSR count). The summed E-state index contributed by atoms with van der Waals surface area (Å²) < 4.78 is 0. The highest BCUT2D eigenvalue weighted by molar-refractivity contribution is 8.15. The molecule has 2 heterocycles. The summed E-state index contributed by atoms with van der Waals surface area (Å²) in [5, 5.41) is 8.38. The Morgan fingerprint density at radius 3 is 2.65 bits per heavy atom. The van der Waals surface area contributed by atoms with E-state index in [1.807, 2.05) is 0 Å². The molecule has 1 aromatic carbocycles. The SMILES string of the molecule is C=CCN1C(=O)[C@]2(SC(NC(C)=O)=NN2C(C)=O)c2ccc(Cl)c(Cl)c21. The molecule has 2 aliphatic heterocycles. The van der Waals surface area contributed by atoms with Crippen molar-refractivity contribution >= 4 is 63.5 Å². The number of hydrazone groups is 1. The van der Waals surface area contributed by atoms with Crippen LogP contribution >= 0.6 is 35.0 Å². The highest BCUT2D eigenvalue weighted by atomic mass is 35.5. The number of anilines is 1. The molecule has 0 aromatic heterocycles. The van der Waals surface area contributed by atoms with Crippen molar-refractivity contribution in [2.45, 2.75) is 18.7 Å². The Bertz CT molecular complexity index is 888. The maximum Gasteiger partial charge on any atom is 0.271 e. The van der Waals surface area contributed by atoms with E-state index in [0.29, 0.717) is 11.3 Å². The average molecular weight is 413 g/mol. The summed E-state index contributed by atoms with van der Waals surface area (Å²) >= 11 is 13.5. The van der Waals surface area contributed by atoms with Crippen LogP contribution < -0.4 is 10.2 Å². The minimum absolute atomic E-state index is 0.151. The third-order valence-electron chi connectivity index (χ3n) is 3.87. The Balaban J connectivity index is 2.23. The molecule has 0 fully saturated rings. The second kappa shape index (κ2) is 6.61. The van der Waals surface area contributed by atoms with Crippen LogP contribution in [0.3, 0.4) is 0 Å². The summed E-state index contributed by atoms with van der Waals surface area (Å²) in [6.45, 7) is 6.45. The van der Waals surface area contributed by atoms with Gasteiger partial charge in [0.05, 0.1) is 15.7 Å². The lowest BCUT2D eigenvalue weighted by atomic mass is 10.1. The maximum atomic E-state index is 13.4. The van der Waals surface area contributed by atoms with Gasteiger partial charge in [-0.1, -0.05) is 35.3 Å². The number of benzene rings is 1. The van der Waals surface area contributed by atoms with Crippen LogP contribution in [0, 0.1) is 0 Å². The number of halogens is 2. The van der Waals surface area contributed by atoms with E-state index >= 15 is 0 Å². The molecule has 136 valence electrons. The third kappa shape index (κ3) is 2.60. The molecule has 3 amide bonds. The van der Waals surface area contributed by atoms with E-state index in [2.05, 4.69) is 17.0 Å². The van der Waals surface area contributed by atoms with E-state index in [1.165, 1.54) is 18.7 Å². The first-order valence-corrected chi connectivity index (χ1v) is 9.08. The number of carbonyl (C=O) groups excluding carboxylic acids is 3. The first-order chi connectivity index (χ1) is 12.2. The normalized spacial score (nSPS) is 21.1. The smallest absolute Gasteiger partial charge is 0.271 e. The fourth-order valence-corrected chi connectivity index (χ4v) is 4.69. The summed E-state index contributed by atoms with van der Waals surface area (Å²) in [6.07, 6.45) is 1.55. The number of carbonyl (C=O) groups is 3. The molecule has 1 aromatic rings. The molecule has 0 radical (unpaired) electrons. The number of amidine groups is 1. The first-order valence-electron chi connectivity index (χ1n) is 7.51. The van der Waals surface area contributed by atoms with Crippen LogP contribution in [0.4, 0.5) is 5.69 Å². The predicted molar refractivity (Wildman–Crippen MR) is 102 cm³/mol. The van der Waals surface area contributed by atoms with Gasteiger partial charge >= 0.3 is 0 Å². The number of hydrogen-bond donors (Lipinski definition) is 1. The van der Waals surface area contributed by atoms with Gasteiger partial charge < -0.3 is 10.2 Å². The van der Waals surface area contributed by atoms with Crippen LogP contribution in [0.25, 0.3) is 0 Å². The van der Waals surface area contributed by atoms with Gasteiger partial charge in [0, 0.05) is 26.0 Å². The van der Waals surface area contributed by atoms with Crippen molar-refractivity contribution < 1.29 is 14.4 Å². The average Bonchev–Trinajstić information content (AvgIpc) is 3.04. The molecule has 7 nitrogen and oxygen atoms in total. The molecular weight excluding hydrogens is 399 g/mol. The van der Waals surface area contributed by atoms with Crippen molar-refractivity contribution in [3.05, 3.63) is 40.4 Å². The molecule has 26 heavy (non-hydrogen) atoms. The molecule has 1 N–H and O–H groups in total. The quantitative estimate of drug-likeness (QED) is 0.756. The van der Waals surface area contributed by atoms with Gasteiger partial charge in [-0.05, 0) is 17.8 Å². The van der Waals surface area contributed by atoms with Crippen LogP contribution in [0.2, 0.25) is 10.0 Å². The predicted octanol–water partition coefficient (Wildman–Crippen LogP) is 2.68. The summed E-state index contributed by atoms with van der Waals surface area (Å²) in [7, 11) is 0. The summed E-state index contributed by atoms with van der Waals surface area (Å²) in [5.74, 6) is -1.23. The zero-order chi connectivity index (χ0) is 19.2. The Morgan fingerprint density at radius 1 is 1.38 bits per heavy atom. The number of hydrogen-bond acceptors (Lipinski definition) is 5. The number of fused-ring (bicyclic) bond motifs is 2. The molecule has 2 aliphatic rings. The van der Waals surface area contributed by atoms with Gasteiger partial charge in [0.2, 0.25) is 16.7 Å². The number of amides is 3. The van der Waals surface area contributed by atoms with Gasteiger partial charge in [-0.25, -0.2) is 0 Å². The van der Waals surface area contributed by atoms with E-state index in [1.54, 1.807) is 18.2 Å². The van der Waals surface area contributed by atoms with Gasteiger partial charge in [0.1, 0.15) is 0 Å². The molecule has 0 aliphatic carbocycles.